The Morgan fingerprint density at radius 1 is 1.18 bits per heavy atom. The van der Waals surface area contributed by atoms with E-state index in [9.17, 15) is 18.3 Å². The summed E-state index contributed by atoms with van der Waals surface area (Å²) in [6, 6.07) is 4.73. The first kappa shape index (κ1) is 13.8. The van der Waals surface area contributed by atoms with E-state index < -0.39 is 23.4 Å². The minimum atomic E-state index is -4.40. The van der Waals surface area contributed by atoms with Gasteiger partial charge in [-0.2, -0.15) is 13.2 Å². The van der Waals surface area contributed by atoms with Gasteiger partial charge >= 0.3 is 6.18 Å². The molecule has 1 rings (SSSR count). The fourth-order valence-corrected chi connectivity index (χ4v) is 1.27. The number of hydrogen-bond acceptors (Lipinski definition) is 2. The Morgan fingerprint density at radius 3 is 2.18 bits per heavy atom. The first-order valence-corrected chi connectivity index (χ1v) is 5.27. The molecule has 5 heteroatoms. The highest BCUT2D eigenvalue weighted by atomic mass is 19.4. The van der Waals surface area contributed by atoms with Gasteiger partial charge in [0.05, 0.1) is 17.2 Å². The maximum atomic E-state index is 12.7. The minimum Gasteiger partial charge on any atom is -0.388 e. The molecule has 0 heterocycles. The number of alkyl halides is 3. The first-order valence-electron chi connectivity index (χ1n) is 5.27. The number of para-hydroxylation sites is 1. The number of anilines is 1. The summed E-state index contributed by atoms with van der Waals surface area (Å²) in [4.78, 5) is 0. The standard InChI is InChI=1S/C12H16F3NO/c1-8(11(2,3)17)16-10-7-5-4-6-9(10)12(13,14)15/h4-8,16-17H,1-3H3. The summed E-state index contributed by atoms with van der Waals surface area (Å²) in [5, 5.41) is 12.4. The van der Waals surface area contributed by atoms with Gasteiger partial charge in [0.25, 0.3) is 0 Å². The Hall–Kier alpha value is -1.23. The summed E-state index contributed by atoms with van der Waals surface area (Å²) in [7, 11) is 0. The van der Waals surface area contributed by atoms with Gasteiger partial charge in [-0.3, -0.25) is 0 Å². The predicted octanol–water partition coefficient (Wildman–Crippen LogP) is 3.28. The molecule has 1 atom stereocenters. The number of halogens is 3. The van der Waals surface area contributed by atoms with Crippen molar-refractivity contribution in [3.63, 3.8) is 0 Å². The van der Waals surface area contributed by atoms with E-state index in [1.807, 2.05) is 0 Å². The molecule has 1 unspecified atom stereocenters. The number of nitrogens with one attached hydrogen (secondary N) is 1. The van der Waals surface area contributed by atoms with Crippen molar-refractivity contribution in [3.8, 4) is 0 Å². The third-order valence-electron chi connectivity index (χ3n) is 2.66. The number of aliphatic hydroxyl groups is 1. The second-order valence-corrected chi connectivity index (χ2v) is 4.56. The second kappa shape index (κ2) is 4.56. The molecule has 0 amide bonds. The Labute approximate surface area is 98.5 Å². The van der Waals surface area contributed by atoms with Crippen molar-refractivity contribution in [2.45, 2.75) is 38.6 Å². The molecule has 17 heavy (non-hydrogen) atoms. The molecule has 0 spiro atoms. The number of rotatable bonds is 3. The maximum absolute atomic E-state index is 12.7. The Bertz CT molecular complexity index is 382. The van der Waals surface area contributed by atoms with Crippen molar-refractivity contribution >= 4 is 5.69 Å². The average Bonchev–Trinajstić information content (AvgIpc) is 2.15. The summed E-state index contributed by atoms with van der Waals surface area (Å²) in [5.41, 5.74) is -1.84. The topological polar surface area (TPSA) is 32.3 Å². The van der Waals surface area contributed by atoms with Gasteiger partial charge < -0.3 is 10.4 Å². The Morgan fingerprint density at radius 2 is 1.71 bits per heavy atom. The molecule has 0 saturated carbocycles. The second-order valence-electron chi connectivity index (χ2n) is 4.56. The Balaban J connectivity index is 3.00. The van der Waals surface area contributed by atoms with Crippen LogP contribution in [0.1, 0.15) is 26.3 Å². The molecule has 2 nitrogen and oxygen atoms in total. The van der Waals surface area contributed by atoms with Crippen LogP contribution in [-0.2, 0) is 6.18 Å². The van der Waals surface area contributed by atoms with E-state index >= 15 is 0 Å². The van der Waals surface area contributed by atoms with Gasteiger partial charge in [0.1, 0.15) is 0 Å². The lowest BCUT2D eigenvalue weighted by atomic mass is 10.00. The molecule has 0 aliphatic heterocycles. The molecule has 0 aliphatic rings. The van der Waals surface area contributed by atoms with Gasteiger partial charge in [-0.15, -0.1) is 0 Å². The van der Waals surface area contributed by atoms with Crippen LogP contribution in [0.4, 0.5) is 18.9 Å². The zero-order chi connectivity index (χ0) is 13.3. The van der Waals surface area contributed by atoms with E-state index in [1.54, 1.807) is 20.8 Å². The highest BCUT2D eigenvalue weighted by Gasteiger charge is 2.34. The lowest BCUT2D eigenvalue weighted by molar-refractivity contribution is -0.137. The lowest BCUT2D eigenvalue weighted by Gasteiger charge is -2.28. The molecule has 0 fully saturated rings. The summed E-state index contributed by atoms with van der Waals surface area (Å²) in [6.07, 6.45) is -4.40. The third kappa shape index (κ3) is 3.63. The maximum Gasteiger partial charge on any atom is 0.418 e. The van der Waals surface area contributed by atoms with E-state index in [0.29, 0.717) is 0 Å². The SMILES string of the molecule is CC(Nc1ccccc1C(F)(F)F)C(C)(C)O. The van der Waals surface area contributed by atoms with Crippen molar-refractivity contribution in [2.75, 3.05) is 5.32 Å². The highest BCUT2D eigenvalue weighted by Crippen LogP contribution is 2.35. The van der Waals surface area contributed by atoms with Gasteiger partial charge in [0.15, 0.2) is 0 Å². The zero-order valence-corrected chi connectivity index (χ0v) is 9.97. The summed E-state index contributed by atoms with van der Waals surface area (Å²) in [6.45, 7) is 4.72. The molecule has 0 saturated heterocycles. The van der Waals surface area contributed by atoms with Gasteiger partial charge in [-0.1, -0.05) is 12.1 Å². The fraction of sp³-hybridized carbons (Fsp3) is 0.500. The smallest absolute Gasteiger partial charge is 0.388 e. The van der Waals surface area contributed by atoms with E-state index in [2.05, 4.69) is 5.32 Å². The molecule has 2 N–H and O–H groups in total. The van der Waals surface area contributed by atoms with Crippen molar-refractivity contribution in [1.82, 2.24) is 0 Å². The predicted molar refractivity (Wildman–Crippen MR) is 60.8 cm³/mol. The molecular weight excluding hydrogens is 231 g/mol. The molecule has 1 aromatic rings. The monoisotopic (exact) mass is 247 g/mol. The van der Waals surface area contributed by atoms with Gasteiger partial charge in [0, 0.05) is 5.69 Å². The van der Waals surface area contributed by atoms with Crippen LogP contribution in [0.15, 0.2) is 24.3 Å². The van der Waals surface area contributed by atoms with Gasteiger partial charge in [-0.25, -0.2) is 0 Å². The highest BCUT2D eigenvalue weighted by molar-refractivity contribution is 5.53. The summed E-state index contributed by atoms with van der Waals surface area (Å²) < 4.78 is 38.1. The van der Waals surface area contributed by atoms with Crippen molar-refractivity contribution in [2.24, 2.45) is 0 Å². The number of benzene rings is 1. The largest absolute Gasteiger partial charge is 0.418 e. The average molecular weight is 247 g/mol. The van der Waals surface area contributed by atoms with Crippen LogP contribution in [-0.4, -0.2) is 16.7 Å². The van der Waals surface area contributed by atoms with Crippen LogP contribution in [0.25, 0.3) is 0 Å². The molecule has 0 bridgehead atoms. The zero-order valence-electron chi connectivity index (χ0n) is 9.97. The molecule has 96 valence electrons. The minimum absolute atomic E-state index is 0.0189. The van der Waals surface area contributed by atoms with Crippen LogP contribution in [0.2, 0.25) is 0 Å². The van der Waals surface area contributed by atoms with Crippen LogP contribution in [0.5, 0.6) is 0 Å². The van der Waals surface area contributed by atoms with Crippen molar-refractivity contribution in [3.05, 3.63) is 29.8 Å². The fourth-order valence-electron chi connectivity index (χ4n) is 1.27. The van der Waals surface area contributed by atoms with Crippen LogP contribution < -0.4 is 5.32 Å². The van der Waals surface area contributed by atoms with E-state index in [0.717, 1.165) is 6.07 Å². The number of hydrogen-bond donors (Lipinski definition) is 2. The van der Waals surface area contributed by atoms with Crippen LogP contribution in [0.3, 0.4) is 0 Å². The van der Waals surface area contributed by atoms with E-state index in [-0.39, 0.29) is 5.69 Å². The molecule has 0 radical (unpaired) electrons. The van der Waals surface area contributed by atoms with Crippen LogP contribution >= 0.6 is 0 Å². The van der Waals surface area contributed by atoms with Gasteiger partial charge in [-0.05, 0) is 32.9 Å². The molecular formula is C12H16F3NO. The lowest BCUT2D eigenvalue weighted by Crippen LogP contribution is -2.39. The third-order valence-corrected chi connectivity index (χ3v) is 2.66. The van der Waals surface area contributed by atoms with E-state index in [1.165, 1.54) is 18.2 Å². The first-order chi connectivity index (χ1) is 7.62. The Kier molecular flexibility index (Phi) is 3.71. The normalized spacial score (nSPS) is 14.5. The molecule has 0 aliphatic carbocycles. The molecule has 1 aromatic carbocycles. The van der Waals surface area contributed by atoms with Crippen LogP contribution in [0, 0.1) is 0 Å². The summed E-state index contributed by atoms with van der Waals surface area (Å²) >= 11 is 0. The van der Waals surface area contributed by atoms with Crippen molar-refractivity contribution < 1.29 is 18.3 Å². The van der Waals surface area contributed by atoms with Gasteiger partial charge in [0.2, 0.25) is 0 Å². The van der Waals surface area contributed by atoms with E-state index in [4.69, 9.17) is 0 Å². The quantitative estimate of drug-likeness (QED) is 0.859. The van der Waals surface area contributed by atoms with Crippen molar-refractivity contribution in [1.29, 1.82) is 0 Å². The summed E-state index contributed by atoms with van der Waals surface area (Å²) in [5.74, 6) is 0. The molecule has 0 aromatic heterocycles.